The molecule has 4 N–H and O–H groups in total. The van der Waals surface area contributed by atoms with Gasteiger partial charge in [0.05, 0.1) is 19.3 Å². The van der Waals surface area contributed by atoms with Crippen molar-refractivity contribution in [2.45, 2.75) is 12.2 Å². The maximum Gasteiger partial charge on any atom is 0.168 e. The summed E-state index contributed by atoms with van der Waals surface area (Å²) in [7, 11) is 1.29. The molecule has 0 aliphatic carbocycles. The summed E-state index contributed by atoms with van der Waals surface area (Å²) < 4.78 is 4.83. The molecule has 1 rings (SSSR count). The fraction of sp³-hybridized carbons (Fsp3) is 0.364. The van der Waals surface area contributed by atoms with E-state index in [4.69, 9.17) is 9.84 Å². The second kappa shape index (κ2) is 5.62. The molecule has 17 heavy (non-hydrogen) atoms. The van der Waals surface area contributed by atoms with Gasteiger partial charge in [0.15, 0.2) is 17.8 Å². The van der Waals surface area contributed by atoms with Crippen LogP contribution in [0.1, 0.15) is 22.0 Å². The summed E-state index contributed by atoms with van der Waals surface area (Å²) in [6, 6.07) is 2.50. The zero-order chi connectivity index (χ0) is 13.0. The summed E-state index contributed by atoms with van der Waals surface area (Å²) in [5, 5.41) is 37.2. The standard InChI is InChI=1S/C11H14O6/c1-17-9-3-6(10(15)8(14)5-13)2-7(4-12)11(9)16/h2-4,8,10,13-16H,5H2,1H3. The predicted octanol–water partition coefficient (Wildman–Crippen LogP) is -0.400. The maximum atomic E-state index is 10.7. The van der Waals surface area contributed by atoms with Gasteiger partial charge in [0, 0.05) is 0 Å². The smallest absolute Gasteiger partial charge is 0.168 e. The number of aliphatic hydroxyl groups excluding tert-OH is 3. The van der Waals surface area contributed by atoms with Crippen LogP contribution in [-0.2, 0) is 0 Å². The van der Waals surface area contributed by atoms with E-state index < -0.39 is 18.8 Å². The number of phenolic OH excluding ortho intramolecular Hbond substituents is 1. The van der Waals surface area contributed by atoms with Gasteiger partial charge in [-0.05, 0) is 17.7 Å². The Labute approximate surface area is 97.7 Å². The number of aldehydes is 1. The number of benzene rings is 1. The van der Waals surface area contributed by atoms with Gasteiger partial charge in [0.2, 0.25) is 0 Å². The Morgan fingerprint density at radius 3 is 2.53 bits per heavy atom. The van der Waals surface area contributed by atoms with Gasteiger partial charge < -0.3 is 25.2 Å². The van der Waals surface area contributed by atoms with Crippen molar-refractivity contribution >= 4 is 6.29 Å². The van der Waals surface area contributed by atoms with E-state index in [-0.39, 0.29) is 22.6 Å². The monoisotopic (exact) mass is 242 g/mol. The number of ether oxygens (including phenoxy) is 1. The first-order valence-electron chi connectivity index (χ1n) is 4.88. The molecule has 0 heterocycles. The van der Waals surface area contributed by atoms with Crippen molar-refractivity contribution in [2.75, 3.05) is 13.7 Å². The van der Waals surface area contributed by atoms with E-state index in [9.17, 15) is 20.1 Å². The third kappa shape index (κ3) is 2.73. The van der Waals surface area contributed by atoms with Gasteiger partial charge in [-0.25, -0.2) is 0 Å². The molecule has 0 amide bonds. The molecule has 0 aromatic heterocycles. The molecule has 0 saturated carbocycles. The van der Waals surface area contributed by atoms with Crippen LogP contribution < -0.4 is 4.74 Å². The van der Waals surface area contributed by atoms with Gasteiger partial charge >= 0.3 is 0 Å². The molecule has 2 unspecified atom stereocenters. The van der Waals surface area contributed by atoms with Crippen molar-refractivity contribution in [1.82, 2.24) is 0 Å². The van der Waals surface area contributed by atoms with Crippen molar-refractivity contribution in [1.29, 1.82) is 0 Å². The van der Waals surface area contributed by atoms with Gasteiger partial charge in [0.25, 0.3) is 0 Å². The van der Waals surface area contributed by atoms with E-state index in [1.807, 2.05) is 0 Å². The number of carbonyl (C=O) groups is 1. The highest BCUT2D eigenvalue weighted by Crippen LogP contribution is 2.33. The van der Waals surface area contributed by atoms with Crippen LogP contribution in [-0.4, -0.2) is 46.5 Å². The SMILES string of the molecule is COc1cc(C(O)C(O)CO)cc(C=O)c1O. The minimum atomic E-state index is -1.37. The Kier molecular flexibility index (Phi) is 4.45. The highest BCUT2D eigenvalue weighted by Gasteiger charge is 2.20. The molecule has 6 heteroatoms. The normalized spacial score (nSPS) is 14.1. The number of hydrogen-bond acceptors (Lipinski definition) is 6. The molecule has 0 aliphatic heterocycles. The summed E-state index contributed by atoms with van der Waals surface area (Å²) in [4.78, 5) is 10.7. The molecule has 1 aromatic rings. The van der Waals surface area contributed by atoms with Crippen molar-refractivity contribution in [3.8, 4) is 11.5 Å². The Bertz CT molecular complexity index is 403. The first-order valence-corrected chi connectivity index (χ1v) is 4.88. The fourth-order valence-corrected chi connectivity index (χ4v) is 1.39. The van der Waals surface area contributed by atoms with Gasteiger partial charge in [-0.2, -0.15) is 0 Å². The van der Waals surface area contributed by atoms with Crippen LogP contribution in [0.4, 0.5) is 0 Å². The van der Waals surface area contributed by atoms with Gasteiger partial charge in [-0.1, -0.05) is 0 Å². The van der Waals surface area contributed by atoms with Crippen LogP contribution in [0.3, 0.4) is 0 Å². The highest BCUT2D eigenvalue weighted by atomic mass is 16.5. The van der Waals surface area contributed by atoms with E-state index in [2.05, 4.69) is 0 Å². The first kappa shape index (κ1) is 13.4. The molecule has 0 spiro atoms. The molecule has 0 aliphatic rings. The number of methoxy groups -OCH3 is 1. The van der Waals surface area contributed by atoms with Crippen LogP contribution in [0.25, 0.3) is 0 Å². The minimum absolute atomic E-state index is 0.00814. The third-order valence-electron chi connectivity index (χ3n) is 2.37. The molecule has 0 radical (unpaired) electrons. The lowest BCUT2D eigenvalue weighted by molar-refractivity contribution is -0.0153. The second-order valence-electron chi connectivity index (χ2n) is 3.47. The van der Waals surface area contributed by atoms with Gasteiger partial charge in [-0.3, -0.25) is 4.79 Å². The Morgan fingerprint density at radius 2 is 2.06 bits per heavy atom. The molecular weight excluding hydrogens is 228 g/mol. The van der Waals surface area contributed by atoms with E-state index in [0.717, 1.165) is 0 Å². The highest BCUT2D eigenvalue weighted by molar-refractivity contribution is 5.81. The number of phenols is 1. The van der Waals surface area contributed by atoms with E-state index in [0.29, 0.717) is 6.29 Å². The fourth-order valence-electron chi connectivity index (χ4n) is 1.39. The quantitative estimate of drug-likeness (QED) is 0.523. The summed E-state index contributed by atoms with van der Waals surface area (Å²) >= 11 is 0. The zero-order valence-electron chi connectivity index (χ0n) is 9.20. The number of carbonyl (C=O) groups excluding carboxylic acids is 1. The first-order chi connectivity index (χ1) is 8.04. The number of aliphatic hydroxyl groups is 3. The van der Waals surface area contributed by atoms with Crippen LogP contribution in [0, 0.1) is 0 Å². The van der Waals surface area contributed by atoms with Crippen LogP contribution in [0.15, 0.2) is 12.1 Å². The van der Waals surface area contributed by atoms with Crippen LogP contribution >= 0.6 is 0 Å². The second-order valence-corrected chi connectivity index (χ2v) is 3.47. The molecular formula is C11H14O6. The minimum Gasteiger partial charge on any atom is -0.504 e. The van der Waals surface area contributed by atoms with Crippen molar-refractivity contribution < 1.29 is 30.0 Å². The molecule has 0 bridgehead atoms. The summed E-state index contributed by atoms with van der Waals surface area (Å²) in [6.07, 6.45) is -2.34. The van der Waals surface area contributed by atoms with E-state index >= 15 is 0 Å². The lowest BCUT2D eigenvalue weighted by Crippen LogP contribution is -2.22. The van der Waals surface area contributed by atoms with Crippen molar-refractivity contribution in [3.63, 3.8) is 0 Å². The van der Waals surface area contributed by atoms with Crippen LogP contribution in [0.5, 0.6) is 11.5 Å². The molecule has 2 atom stereocenters. The summed E-state index contributed by atoms with van der Waals surface area (Å²) in [6.45, 7) is -0.624. The zero-order valence-corrected chi connectivity index (χ0v) is 9.20. The Hall–Kier alpha value is -1.63. The van der Waals surface area contributed by atoms with E-state index in [1.165, 1.54) is 19.2 Å². The molecule has 94 valence electrons. The van der Waals surface area contributed by atoms with Crippen molar-refractivity contribution in [2.24, 2.45) is 0 Å². The topological polar surface area (TPSA) is 107 Å². The largest absolute Gasteiger partial charge is 0.504 e. The average molecular weight is 242 g/mol. The molecule has 0 fully saturated rings. The van der Waals surface area contributed by atoms with Crippen molar-refractivity contribution in [3.05, 3.63) is 23.3 Å². The molecule has 0 saturated heterocycles. The Morgan fingerprint density at radius 1 is 1.41 bits per heavy atom. The average Bonchev–Trinajstić information content (AvgIpc) is 2.37. The number of aromatic hydroxyl groups is 1. The molecule has 6 nitrogen and oxygen atoms in total. The van der Waals surface area contributed by atoms with E-state index in [1.54, 1.807) is 0 Å². The lowest BCUT2D eigenvalue weighted by Gasteiger charge is -2.17. The Balaban J connectivity index is 3.21. The predicted molar refractivity (Wildman–Crippen MR) is 58.1 cm³/mol. The maximum absolute atomic E-state index is 10.7. The number of rotatable bonds is 5. The van der Waals surface area contributed by atoms with Crippen LogP contribution in [0.2, 0.25) is 0 Å². The molecule has 1 aromatic carbocycles. The summed E-state index contributed by atoms with van der Waals surface area (Å²) in [5.74, 6) is -0.328. The summed E-state index contributed by atoms with van der Waals surface area (Å²) in [5.41, 5.74) is 0.104. The third-order valence-corrected chi connectivity index (χ3v) is 2.37. The van der Waals surface area contributed by atoms with Gasteiger partial charge in [-0.15, -0.1) is 0 Å². The van der Waals surface area contributed by atoms with Gasteiger partial charge in [0.1, 0.15) is 12.2 Å². The lowest BCUT2D eigenvalue weighted by atomic mass is 10.0. The number of hydrogen-bond donors (Lipinski definition) is 4.